The Bertz CT molecular complexity index is 361. The molecule has 1 aromatic carbocycles. The van der Waals surface area contributed by atoms with Gasteiger partial charge < -0.3 is 20.5 Å². The molecule has 1 aromatic rings. The van der Waals surface area contributed by atoms with Crippen molar-refractivity contribution in [2.24, 2.45) is 5.73 Å². The lowest BCUT2D eigenvalue weighted by Gasteiger charge is -2.22. The highest BCUT2D eigenvalue weighted by atomic mass is 16.5. The molecule has 0 bridgehead atoms. The fourth-order valence-corrected chi connectivity index (χ4v) is 1.50. The summed E-state index contributed by atoms with van der Waals surface area (Å²) in [6.45, 7) is 0.619. The number of hydrogen-bond donors (Lipinski definition) is 2. The van der Waals surface area contributed by atoms with Gasteiger partial charge in [-0.25, -0.2) is 0 Å². The standard InChI is InChI=1S/C12H18N2O3/c1-14(12(16)11(7-13)17-2)8-9-3-5-10(15)6-4-9/h3-6,11,15H,7-8,13H2,1-2H3. The highest BCUT2D eigenvalue weighted by Crippen LogP contribution is 2.11. The zero-order valence-electron chi connectivity index (χ0n) is 10.1. The van der Waals surface area contributed by atoms with E-state index < -0.39 is 6.10 Å². The van der Waals surface area contributed by atoms with E-state index in [4.69, 9.17) is 15.6 Å². The van der Waals surface area contributed by atoms with Crippen molar-refractivity contribution in [2.45, 2.75) is 12.6 Å². The van der Waals surface area contributed by atoms with E-state index in [9.17, 15) is 4.79 Å². The van der Waals surface area contributed by atoms with Gasteiger partial charge in [-0.1, -0.05) is 12.1 Å². The minimum atomic E-state index is -0.600. The minimum absolute atomic E-state index is 0.150. The lowest BCUT2D eigenvalue weighted by Crippen LogP contribution is -2.41. The molecule has 94 valence electrons. The third-order valence-electron chi connectivity index (χ3n) is 2.51. The van der Waals surface area contributed by atoms with Gasteiger partial charge in [0, 0.05) is 27.2 Å². The molecule has 0 aliphatic rings. The van der Waals surface area contributed by atoms with Crippen LogP contribution in [0.4, 0.5) is 0 Å². The monoisotopic (exact) mass is 238 g/mol. The van der Waals surface area contributed by atoms with E-state index in [1.807, 2.05) is 0 Å². The summed E-state index contributed by atoms with van der Waals surface area (Å²) in [5, 5.41) is 9.15. The highest BCUT2D eigenvalue weighted by Gasteiger charge is 2.19. The largest absolute Gasteiger partial charge is 0.508 e. The zero-order valence-corrected chi connectivity index (χ0v) is 10.1. The van der Waals surface area contributed by atoms with Crippen molar-refractivity contribution in [2.75, 3.05) is 20.7 Å². The molecule has 0 aliphatic heterocycles. The van der Waals surface area contributed by atoms with E-state index in [0.717, 1.165) is 5.56 Å². The van der Waals surface area contributed by atoms with Crippen LogP contribution >= 0.6 is 0 Å². The van der Waals surface area contributed by atoms with Crippen LogP contribution in [0.5, 0.6) is 5.75 Å². The van der Waals surface area contributed by atoms with Crippen LogP contribution in [0, 0.1) is 0 Å². The van der Waals surface area contributed by atoms with Crippen molar-refractivity contribution in [3.63, 3.8) is 0 Å². The molecule has 3 N–H and O–H groups in total. The van der Waals surface area contributed by atoms with Gasteiger partial charge in [0.15, 0.2) is 0 Å². The van der Waals surface area contributed by atoms with E-state index in [1.165, 1.54) is 7.11 Å². The molecule has 5 heteroatoms. The van der Waals surface area contributed by atoms with Crippen LogP contribution in [-0.4, -0.2) is 42.7 Å². The number of hydrogen-bond acceptors (Lipinski definition) is 4. The Kier molecular flexibility index (Phi) is 4.93. The number of ether oxygens (including phenoxy) is 1. The number of phenolic OH excluding ortho intramolecular Hbond substituents is 1. The van der Waals surface area contributed by atoms with Crippen LogP contribution in [-0.2, 0) is 16.1 Å². The molecule has 0 spiro atoms. The molecule has 0 fully saturated rings. The zero-order chi connectivity index (χ0) is 12.8. The molecule has 0 heterocycles. The van der Waals surface area contributed by atoms with Gasteiger partial charge >= 0.3 is 0 Å². The normalized spacial score (nSPS) is 12.2. The number of aromatic hydroxyl groups is 1. The summed E-state index contributed by atoms with van der Waals surface area (Å²) >= 11 is 0. The van der Waals surface area contributed by atoms with Crippen molar-refractivity contribution in [1.82, 2.24) is 4.90 Å². The molecular formula is C12H18N2O3. The van der Waals surface area contributed by atoms with Crippen LogP contribution in [0.1, 0.15) is 5.56 Å². The summed E-state index contributed by atoms with van der Waals surface area (Å²) in [5.74, 6) is 0.0579. The number of methoxy groups -OCH3 is 1. The van der Waals surface area contributed by atoms with Gasteiger partial charge in [-0.3, -0.25) is 4.79 Å². The number of likely N-dealkylation sites (N-methyl/N-ethyl adjacent to an activating group) is 1. The third kappa shape index (κ3) is 3.72. The van der Waals surface area contributed by atoms with Crippen LogP contribution in [0.15, 0.2) is 24.3 Å². The quantitative estimate of drug-likeness (QED) is 0.775. The predicted molar refractivity (Wildman–Crippen MR) is 64.4 cm³/mol. The molecule has 1 amide bonds. The molecule has 0 aromatic heterocycles. The Morgan fingerprint density at radius 3 is 2.53 bits per heavy atom. The van der Waals surface area contributed by atoms with Gasteiger partial charge in [-0.05, 0) is 17.7 Å². The van der Waals surface area contributed by atoms with Gasteiger partial charge in [-0.15, -0.1) is 0 Å². The van der Waals surface area contributed by atoms with E-state index in [-0.39, 0.29) is 18.2 Å². The second-order valence-electron chi connectivity index (χ2n) is 3.82. The van der Waals surface area contributed by atoms with Crippen molar-refractivity contribution >= 4 is 5.91 Å². The first kappa shape index (κ1) is 13.5. The Morgan fingerprint density at radius 1 is 1.47 bits per heavy atom. The molecule has 5 nitrogen and oxygen atoms in total. The maximum absolute atomic E-state index is 11.8. The topological polar surface area (TPSA) is 75.8 Å². The number of benzene rings is 1. The number of nitrogens with two attached hydrogens (primary N) is 1. The second-order valence-corrected chi connectivity index (χ2v) is 3.82. The average Bonchev–Trinajstić information content (AvgIpc) is 2.33. The first-order valence-corrected chi connectivity index (χ1v) is 5.34. The van der Waals surface area contributed by atoms with Crippen molar-refractivity contribution in [1.29, 1.82) is 0 Å². The van der Waals surface area contributed by atoms with Crippen molar-refractivity contribution in [3.8, 4) is 5.75 Å². The highest BCUT2D eigenvalue weighted by molar-refractivity contribution is 5.80. The molecule has 1 unspecified atom stereocenters. The van der Waals surface area contributed by atoms with Crippen LogP contribution < -0.4 is 5.73 Å². The van der Waals surface area contributed by atoms with E-state index >= 15 is 0 Å². The number of amides is 1. The van der Waals surface area contributed by atoms with Crippen LogP contribution in [0.3, 0.4) is 0 Å². The number of carbonyl (C=O) groups is 1. The lowest BCUT2D eigenvalue weighted by molar-refractivity contribution is -0.140. The second kappa shape index (κ2) is 6.22. The molecule has 0 aliphatic carbocycles. The number of carbonyl (C=O) groups excluding carboxylic acids is 1. The minimum Gasteiger partial charge on any atom is -0.508 e. The fraction of sp³-hybridized carbons (Fsp3) is 0.417. The molecule has 1 rings (SSSR count). The molecule has 1 atom stereocenters. The molecular weight excluding hydrogens is 220 g/mol. The van der Waals surface area contributed by atoms with Crippen LogP contribution in [0.25, 0.3) is 0 Å². The Morgan fingerprint density at radius 2 is 2.06 bits per heavy atom. The predicted octanol–water partition coefficient (Wildman–Crippen LogP) is 0.324. The molecule has 0 saturated carbocycles. The average molecular weight is 238 g/mol. The lowest BCUT2D eigenvalue weighted by atomic mass is 10.2. The van der Waals surface area contributed by atoms with Crippen molar-refractivity contribution in [3.05, 3.63) is 29.8 Å². The van der Waals surface area contributed by atoms with E-state index in [0.29, 0.717) is 6.54 Å². The van der Waals surface area contributed by atoms with Gasteiger partial charge in [0.2, 0.25) is 0 Å². The summed E-state index contributed by atoms with van der Waals surface area (Å²) < 4.78 is 4.98. The van der Waals surface area contributed by atoms with Gasteiger partial charge in [-0.2, -0.15) is 0 Å². The van der Waals surface area contributed by atoms with Crippen molar-refractivity contribution < 1.29 is 14.6 Å². The molecule has 17 heavy (non-hydrogen) atoms. The summed E-state index contributed by atoms with van der Waals surface area (Å²) in [6.07, 6.45) is -0.600. The maximum atomic E-state index is 11.8. The number of rotatable bonds is 5. The SMILES string of the molecule is COC(CN)C(=O)N(C)Cc1ccc(O)cc1. The summed E-state index contributed by atoms with van der Waals surface area (Å²) in [6, 6.07) is 6.71. The summed E-state index contributed by atoms with van der Waals surface area (Å²) in [5.41, 5.74) is 6.37. The fourth-order valence-electron chi connectivity index (χ4n) is 1.50. The summed E-state index contributed by atoms with van der Waals surface area (Å²) in [7, 11) is 3.15. The molecule has 0 radical (unpaired) electrons. The van der Waals surface area contributed by atoms with Gasteiger partial charge in [0.1, 0.15) is 11.9 Å². The number of nitrogens with zero attached hydrogens (tertiary/aromatic N) is 1. The van der Waals surface area contributed by atoms with E-state index in [2.05, 4.69) is 0 Å². The summed E-state index contributed by atoms with van der Waals surface area (Å²) in [4.78, 5) is 13.4. The third-order valence-corrected chi connectivity index (χ3v) is 2.51. The van der Waals surface area contributed by atoms with Crippen LogP contribution in [0.2, 0.25) is 0 Å². The first-order valence-electron chi connectivity index (χ1n) is 5.34. The maximum Gasteiger partial charge on any atom is 0.253 e. The molecule has 0 saturated heterocycles. The van der Waals surface area contributed by atoms with Gasteiger partial charge in [0.25, 0.3) is 5.91 Å². The smallest absolute Gasteiger partial charge is 0.253 e. The Hall–Kier alpha value is -1.59. The Balaban J connectivity index is 2.62. The van der Waals surface area contributed by atoms with E-state index in [1.54, 1.807) is 36.2 Å². The Labute approximate surface area is 101 Å². The first-order chi connectivity index (χ1) is 8.08. The van der Waals surface area contributed by atoms with Gasteiger partial charge in [0.05, 0.1) is 0 Å². The number of phenols is 1.